The summed E-state index contributed by atoms with van der Waals surface area (Å²) in [7, 11) is 0. The fourth-order valence-corrected chi connectivity index (χ4v) is 2.36. The van der Waals surface area contributed by atoms with E-state index in [1.807, 2.05) is 68.4 Å². The summed E-state index contributed by atoms with van der Waals surface area (Å²) in [5.74, 6) is 1.90. The van der Waals surface area contributed by atoms with E-state index in [0.29, 0.717) is 22.9 Å². The molecule has 0 saturated heterocycles. The Morgan fingerprint density at radius 2 is 1.58 bits per heavy atom. The molecule has 3 rings (SSSR count). The summed E-state index contributed by atoms with van der Waals surface area (Å²) in [4.78, 5) is 16.7. The molecule has 0 atom stereocenters. The van der Waals surface area contributed by atoms with Crippen LogP contribution in [-0.2, 0) is 0 Å². The number of para-hydroxylation sites is 1. The molecule has 0 radical (unpaired) electrons. The van der Waals surface area contributed by atoms with Gasteiger partial charge in [-0.2, -0.15) is 0 Å². The first kappa shape index (κ1) is 17.5. The second-order valence-electron chi connectivity index (χ2n) is 6.10. The highest BCUT2D eigenvalue weighted by atomic mass is 16.5. The number of nitrogens with zero attached hydrogens (tertiary/aromatic N) is 1. The molecule has 1 heterocycles. The topological polar surface area (TPSA) is 63.2 Å². The first-order chi connectivity index (χ1) is 12.6. The molecule has 0 aliphatic heterocycles. The normalized spacial score (nSPS) is 10.4. The fourth-order valence-electron chi connectivity index (χ4n) is 2.36. The Balaban J connectivity index is 1.64. The summed E-state index contributed by atoms with van der Waals surface area (Å²) in [5, 5.41) is 6.03. The number of pyridine rings is 1. The average Bonchev–Trinajstić information content (AvgIpc) is 2.64. The molecule has 0 fully saturated rings. The predicted molar refractivity (Wildman–Crippen MR) is 104 cm³/mol. The lowest BCUT2D eigenvalue weighted by Crippen LogP contribution is -2.16. The molecule has 1 aromatic heterocycles. The number of benzene rings is 2. The van der Waals surface area contributed by atoms with Crippen LogP contribution in [0.25, 0.3) is 0 Å². The first-order valence-electron chi connectivity index (χ1n) is 8.48. The van der Waals surface area contributed by atoms with E-state index in [1.165, 1.54) is 0 Å². The smallest absolute Gasteiger partial charge is 0.274 e. The summed E-state index contributed by atoms with van der Waals surface area (Å²) in [6.07, 6.45) is 0. The highest BCUT2D eigenvalue weighted by Crippen LogP contribution is 2.22. The summed E-state index contributed by atoms with van der Waals surface area (Å²) >= 11 is 0. The van der Waals surface area contributed by atoms with Gasteiger partial charge in [0.1, 0.15) is 23.0 Å². The van der Waals surface area contributed by atoms with E-state index in [4.69, 9.17) is 4.74 Å². The van der Waals surface area contributed by atoms with E-state index in [9.17, 15) is 4.79 Å². The van der Waals surface area contributed by atoms with Crippen molar-refractivity contribution >= 4 is 17.4 Å². The maximum atomic E-state index is 12.4. The number of aromatic nitrogens is 1. The monoisotopic (exact) mass is 347 g/mol. The molecule has 1 amide bonds. The van der Waals surface area contributed by atoms with Crippen molar-refractivity contribution in [2.24, 2.45) is 0 Å². The zero-order chi connectivity index (χ0) is 18.4. The first-order valence-corrected chi connectivity index (χ1v) is 8.48. The Hall–Kier alpha value is -3.34. The van der Waals surface area contributed by atoms with Gasteiger partial charge in [-0.25, -0.2) is 4.98 Å². The molecule has 0 aliphatic carbocycles. The Labute approximate surface area is 153 Å². The van der Waals surface area contributed by atoms with Crippen molar-refractivity contribution in [3.8, 4) is 11.5 Å². The van der Waals surface area contributed by atoms with E-state index >= 15 is 0 Å². The van der Waals surface area contributed by atoms with E-state index < -0.39 is 0 Å². The molecular formula is C21H21N3O2. The van der Waals surface area contributed by atoms with Gasteiger partial charge in [-0.3, -0.25) is 4.79 Å². The van der Waals surface area contributed by atoms with Crippen LogP contribution in [0.1, 0.15) is 24.3 Å². The third kappa shape index (κ3) is 4.83. The molecule has 0 bridgehead atoms. The van der Waals surface area contributed by atoms with Crippen molar-refractivity contribution in [1.82, 2.24) is 4.98 Å². The second kappa shape index (κ2) is 8.16. The van der Waals surface area contributed by atoms with Crippen LogP contribution in [0.2, 0.25) is 0 Å². The minimum absolute atomic E-state index is 0.248. The van der Waals surface area contributed by atoms with Crippen LogP contribution >= 0.6 is 0 Å². The molecule has 2 N–H and O–H groups in total. The van der Waals surface area contributed by atoms with Crippen molar-refractivity contribution in [2.45, 2.75) is 19.9 Å². The van der Waals surface area contributed by atoms with Gasteiger partial charge in [-0.15, -0.1) is 0 Å². The molecule has 0 saturated carbocycles. The number of ether oxygens (including phenoxy) is 1. The number of hydrogen-bond acceptors (Lipinski definition) is 4. The molecular weight excluding hydrogens is 326 g/mol. The van der Waals surface area contributed by atoms with E-state index in [-0.39, 0.29) is 11.9 Å². The number of hydrogen-bond donors (Lipinski definition) is 2. The van der Waals surface area contributed by atoms with E-state index in [2.05, 4.69) is 15.6 Å². The number of rotatable bonds is 6. The third-order valence-electron chi connectivity index (χ3n) is 3.51. The maximum absolute atomic E-state index is 12.4. The molecule has 0 spiro atoms. The zero-order valence-corrected chi connectivity index (χ0v) is 14.8. The number of carbonyl (C=O) groups is 1. The van der Waals surface area contributed by atoms with E-state index in [0.717, 1.165) is 5.75 Å². The predicted octanol–water partition coefficient (Wildman–Crippen LogP) is 4.95. The lowest BCUT2D eigenvalue weighted by Gasteiger charge is -2.11. The van der Waals surface area contributed by atoms with Gasteiger partial charge in [0.15, 0.2) is 0 Å². The van der Waals surface area contributed by atoms with Crippen LogP contribution < -0.4 is 15.4 Å². The Kier molecular flexibility index (Phi) is 5.49. The molecule has 3 aromatic rings. The Morgan fingerprint density at radius 3 is 2.27 bits per heavy atom. The van der Waals surface area contributed by atoms with Crippen molar-refractivity contribution in [2.75, 3.05) is 10.6 Å². The number of nitrogens with one attached hydrogen (secondary N) is 2. The van der Waals surface area contributed by atoms with Gasteiger partial charge in [0, 0.05) is 11.7 Å². The number of amides is 1. The van der Waals surface area contributed by atoms with Crippen LogP contribution in [0.3, 0.4) is 0 Å². The summed E-state index contributed by atoms with van der Waals surface area (Å²) in [5.41, 5.74) is 1.04. The quantitative estimate of drug-likeness (QED) is 0.662. The van der Waals surface area contributed by atoms with E-state index in [1.54, 1.807) is 18.2 Å². The number of anilines is 2. The molecule has 2 aromatic carbocycles. The molecule has 5 heteroatoms. The lowest BCUT2D eigenvalue weighted by molar-refractivity contribution is 0.102. The second-order valence-corrected chi connectivity index (χ2v) is 6.10. The minimum atomic E-state index is -0.255. The van der Waals surface area contributed by atoms with Gasteiger partial charge < -0.3 is 15.4 Å². The Morgan fingerprint density at radius 1 is 0.885 bits per heavy atom. The largest absolute Gasteiger partial charge is 0.457 e. The molecule has 132 valence electrons. The van der Waals surface area contributed by atoms with Gasteiger partial charge in [0.05, 0.1) is 0 Å². The summed E-state index contributed by atoms with van der Waals surface area (Å²) < 4.78 is 5.74. The van der Waals surface area contributed by atoms with Gasteiger partial charge >= 0.3 is 0 Å². The van der Waals surface area contributed by atoms with Gasteiger partial charge in [-0.1, -0.05) is 24.3 Å². The summed E-state index contributed by atoms with van der Waals surface area (Å²) in [6, 6.07) is 22.3. The van der Waals surface area contributed by atoms with Crippen molar-refractivity contribution < 1.29 is 9.53 Å². The van der Waals surface area contributed by atoms with Crippen molar-refractivity contribution in [3.63, 3.8) is 0 Å². The van der Waals surface area contributed by atoms with Crippen LogP contribution in [-0.4, -0.2) is 16.9 Å². The maximum Gasteiger partial charge on any atom is 0.274 e. The van der Waals surface area contributed by atoms with Crippen LogP contribution in [0.15, 0.2) is 72.8 Å². The molecule has 26 heavy (non-hydrogen) atoms. The number of carbonyl (C=O) groups excluding carboxylic acids is 1. The third-order valence-corrected chi connectivity index (χ3v) is 3.51. The van der Waals surface area contributed by atoms with Crippen LogP contribution in [0.5, 0.6) is 11.5 Å². The van der Waals surface area contributed by atoms with Crippen LogP contribution in [0, 0.1) is 0 Å². The molecule has 5 nitrogen and oxygen atoms in total. The fraction of sp³-hybridized carbons (Fsp3) is 0.143. The lowest BCUT2D eigenvalue weighted by atomic mass is 10.2. The Bertz CT molecular complexity index is 862. The van der Waals surface area contributed by atoms with Gasteiger partial charge in [0.2, 0.25) is 0 Å². The minimum Gasteiger partial charge on any atom is -0.457 e. The van der Waals surface area contributed by atoms with Gasteiger partial charge in [-0.05, 0) is 62.4 Å². The van der Waals surface area contributed by atoms with Crippen LogP contribution in [0.4, 0.5) is 11.5 Å². The highest BCUT2D eigenvalue weighted by molar-refractivity contribution is 6.03. The van der Waals surface area contributed by atoms with Crippen molar-refractivity contribution in [1.29, 1.82) is 0 Å². The highest BCUT2D eigenvalue weighted by Gasteiger charge is 2.09. The summed E-state index contributed by atoms with van der Waals surface area (Å²) in [6.45, 7) is 4.04. The van der Waals surface area contributed by atoms with Gasteiger partial charge in [0.25, 0.3) is 5.91 Å². The standard InChI is InChI=1S/C21H21N3O2/c1-15(2)22-20-10-6-9-19(24-20)21(25)23-16-11-13-18(14-12-16)26-17-7-4-3-5-8-17/h3-15H,1-2H3,(H,22,24)(H,23,25). The SMILES string of the molecule is CC(C)Nc1cccc(C(=O)Nc2ccc(Oc3ccccc3)cc2)n1. The average molecular weight is 347 g/mol. The molecule has 0 aliphatic rings. The molecule has 0 unspecified atom stereocenters. The zero-order valence-electron chi connectivity index (χ0n) is 14.8. The van der Waals surface area contributed by atoms with Crippen molar-refractivity contribution in [3.05, 3.63) is 78.5 Å².